The molecule has 0 aliphatic rings. The molecular formula is C28H36N4O4S2. The molecule has 204 valence electrons. The third-order valence-electron chi connectivity index (χ3n) is 5.82. The fourth-order valence-electron chi connectivity index (χ4n) is 3.92. The van der Waals surface area contributed by atoms with Crippen molar-refractivity contribution in [3.8, 4) is 0 Å². The quantitative estimate of drug-likeness (QED) is 0.126. The van der Waals surface area contributed by atoms with Gasteiger partial charge in [0.25, 0.3) is 10.0 Å². The second-order valence-electron chi connectivity index (χ2n) is 9.10. The van der Waals surface area contributed by atoms with Crippen molar-refractivity contribution in [2.75, 3.05) is 27.0 Å². The molecule has 3 rings (SSSR count). The van der Waals surface area contributed by atoms with Gasteiger partial charge < -0.3 is 14.2 Å². The van der Waals surface area contributed by atoms with Gasteiger partial charge in [-0.25, -0.2) is 9.78 Å². The number of esters is 1. The first-order valence-corrected chi connectivity index (χ1v) is 15.3. The third kappa shape index (κ3) is 7.70. The predicted octanol–water partition coefficient (Wildman–Crippen LogP) is 5.04. The zero-order valence-corrected chi connectivity index (χ0v) is 24.3. The van der Waals surface area contributed by atoms with E-state index < -0.39 is 10.0 Å². The number of carbonyl (C=O) groups is 1. The standard InChI is InChI=1S/C28H36N4O4S2/c1-6-8-12-25-30-27(37-5)26(28(33)36-7-2)32(25)19-22-15-13-21(14-16-22)17-23-10-9-11-24(18-23)38(34,35)29-20-31(3)4/h9-11,13-16,18,20H,6-8,12,17,19H2,1-5H3. The van der Waals surface area contributed by atoms with E-state index in [4.69, 9.17) is 9.72 Å². The summed E-state index contributed by atoms with van der Waals surface area (Å²) in [6, 6.07) is 15.0. The van der Waals surface area contributed by atoms with Crippen molar-refractivity contribution >= 4 is 34.1 Å². The highest BCUT2D eigenvalue weighted by molar-refractivity contribution is 7.98. The lowest BCUT2D eigenvalue weighted by Gasteiger charge is -2.13. The molecule has 8 nitrogen and oxygen atoms in total. The van der Waals surface area contributed by atoms with Crippen molar-refractivity contribution in [1.29, 1.82) is 0 Å². The number of aromatic nitrogens is 2. The summed E-state index contributed by atoms with van der Waals surface area (Å²) in [5.41, 5.74) is 3.47. The van der Waals surface area contributed by atoms with Crippen LogP contribution in [0.2, 0.25) is 0 Å². The number of hydrogen-bond acceptors (Lipinski definition) is 6. The van der Waals surface area contributed by atoms with Gasteiger partial charge in [-0.1, -0.05) is 49.7 Å². The van der Waals surface area contributed by atoms with E-state index in [-0.39, 0.29) is 10.9 Å². The van der Waals surface area contributed by atoms with Gasteiger partial charge in [0, 0.05) is 27.1 Å². The number of thioether (sulfide) groups is 1. The van der Waals surface area contributed by atoms with Crippen LogP contribution in [0.3, 0.4) is 0 Å². The lowest BCUT2D eigenvalue weighted by Crippen LogP contribution is -2.16. The number of hydrogen-bond donors (Lipinski definition) is 0. The average molecular weight is 557 g/mol. The summed E-state index contributed by atoms with van der Waals surface area (Å²) in [5, 5.41) is 0.691. The van der Waals surface area contributed by atoms with E-state index >= 15 is 0 Å². The predicted molar refractivity (Wildman–Crippen MR) is 153 cm³/mol. The van der Waals surface area contributed by atoms with E-state index in [1.54, 1.807) is 44.1 Å². The Balaban J connectivity index is 1.83. The molecular weight excluding hydrogens is 520 g/mol. The molecule has 0 atom stereocenters. The maximum atomic E-state index is 12.8. The fraction of sp³-hybridized carbons (Fsp3) is 0.393. The summed E-state index contributed by atoms with van der Waals surface area (Å²) < 4.78 is 36.1. The highest BCUT2D eigenvalue weighted by Crippen LogP contribution is 2.25. The van der Waals surface area contributed by atoms with Gasteiger partial charge in [0.05, 0.1) is 11.5 Å². The van der Waals surface area contributed by atoms with Crippen molar-refractivity contribution < 1.29 is 17.9 Å². The summed E-state index contributed by atoms with van der Waals surface area (Å²) in [5.74, 6) is 0.534. The van der Waals surface area contributed by atoms with Gasteiger partial charge in [-0.05, 0) is 54.8 Å². The maximum absolute atomic E-state index is 12.8. The van der Waals surface area contributed by atoms with Gasteiger partial charge >= 0.3 is 5.97 Å². The molecule has 1 aromatic heterocycles. The molecule has 0 saturated carbocycles. The SMILES string of the molecule is CCCCc1nc(SC)c(C(=O)OCC)n1Cc1ccc(Cc2cccc(S(=O)(=O)N=CN(C)C)c2)cc1. The minimum absolute atomic E-state index is 0.167. The van der Waals surface area contributed by atoms with Crippen LogP contribution in [-0.4, -0.2) is 62.1 Å². The number of aryl methyl sites for hydroxylation is 1. The highest BCUT2D eigenvalue weighted by Gasteiger charge is 2.24. The second kappa shape index (κ2) is 13.6. The number of ether oxygens (including phenoxy) is 1. The van der Waals surface area contributed by atoms with Crippen molar-refractivity contribution in [2.45, 2.75) is 56.0 Å². The maximum Gasteiger partial charge on any atom is 0.357 e. The smallest absolute Gasteiger partial charge is 0.357 e. The zero-order chi connectivity index (χ0) is 27.7. The number of rotatable bonds is 13. The first-order chi connectivity index (χ1) is 18.2. The number of unbranched alkanes of at least 4 members (excludes halogenated alkanes) is 1. The second-order valence-corrected chi connectivity index (χ2v) is 11.5. The van der Waals surface area contributed by atoms with Crippen LogP contribution in [0, 0.1) is 0 Å². The molecule has 0 bridgehead atoms. The summed E-state index contributed by atoms with van der Waals surface area (Å²) in [6.07, 6.45) is 6.60. The van der Waals surface area contributed by atoms with Crippen molar-refractivity contribution in [3.05, 3.63) is 76.7 Å². The average Bonchev–Trinajstić information content (AvgIpc) is 3.25. The van der Waals surface area contributed by atoms with Crippen LogP contribution in [-0.2, 0) is 34.1 Å². The van der Waals surface area contributed by atoms with Crippen LogP contribution in [0.15, 0.2) is 62.9 Å². The summed E-state index contributed by atoms with van der Waals surface area (Å²) in [7, 11) is -0.319. The van der Waals surface area contributed by atoms with Gasteiger partial charge in [-0.3, -0.25) is 0 Å². The van der Waals surface area contributed by atoms with Gasteiger partial charge in [-0.2, -0.15) is 8.42 Å². The molecule has 0 aliphatic carbocycles. The Bertz CT molecular complexity index is 1360. The van der Waals surface area contributed by atoms with Crippen molar-refractivity contribution in [2.24, 2.45) is 4.40 Å². The molecule has 0 fully saturated rings. The molecule has 0 spiro atoms. The Hall–Kier alpha value is -3.11. The molecule has 3 aromatic rings. The molecule has 0 unspecified atom stereocenters. The summed E-state index contributed by atoms with van der Waals surface area (Å²) >= 11 is 1.45. The Morgan fingerprint density at radius 1 is 1.11 bits per heavy atom. The van der Waals surface area contributed by atoms with E-state index in [2.05, 4.69) is 11.3 Å². The third-order valence-corrected chi connectivity index (χ3v) is 7.71. The van der Waals surface area contributed by atoms with Gasteiger partial charge in [0.1, 0.15) is 17.2 Å². The van der Waals surface area contributed by atoms with E-state index in [0.29, 0.717) is 30.3 Å². The molecule has 2 aromatic carbocycles. The molecule has 38 heavy (non-hydrogen) atoms. The highest BCUT2D eigenvalue weighted by atomic mass is 32.2. The number of nitrogens with zero attached hydrogens (tertiary/aromatic N) is 4. The van der Waals surface area contributed by atoms with E-state index in [9.17, 15) is 13.2 Å². The van der Waals surface area contributed by atoms with Crippen LogP contribution >= 0.6 is 11.8 Å². The van der Waals surface area contributed by atoms with Gasteiger partial charge in [0.2, 0.25) is 0 Å². The van der Waals surface area contributed by atoms with Crippen LogP contribution in [0.5, 0.6) is 0 Å². The molecule has 1 heterocycles. The molecule has 0 aliphatic heterocycles. The summed E-state index contributed by atoms with van der Waals surface area (Å²) in [6.45, 7) is 4.76. The van der Waals surface area contributed by atoms with E-state index in [0.717, 1.165) is 41.8 Å². The van der Waals surface area contributed by atoms with Crippen molar-refractivity contribution in [3.63, 3.8) is 0 Å². The molecule has 0 amide bonds. The zero-order valence-electron chi connectivity index (χ0n) is 22.7. The van der Waals surface area contributed by atoms with Crippen LogP contribution in [0.25, 0.3) is 0 Å². The number of imidazole rings is 1. The fourth-order valence-corrected chi connectivity index (χ4v) is 5.49. The van der Waals surface area contributed by atoms with E-state index in [1.165, 1.54) is 18.1 Å². The van der Waals surface area contributed by atoms with Crippen LogP contribution in [0.1, 0.15) is 59.7 Å². The number of carbonyl (C=O) groups excluding carboxylic acids is 1. The lowest BCUT2D eigenvalue weighted by molar-refractivity contribution is 0.0509. The molecule has 10 heteroatoms. The Kier molecular flexibility index (Phi) is 10.6. The molecule has 0 saturated heterocycles. The van der Waals surface area contributed by atoms with Gasteiger partial charge in [-0.15, -0.1) is 16.2 Å². The Labute approximate surface area is 230 Å². The largest absolute Gasteiger partial charge is 0.461 e. The monoisotopic (exact) mass is 556 g/mol. The summed E-state index contributed by atoms with van der Waals surface area (Å²) in [4.78, 5) is 19.3. The topological polar surface area (TPSA) is 93.9 Å². The van der Waals surface area contributed by atoms with Gasteiger partial charge in [0.15, 0.2) is 5.69 Å². The minimum atomic E-state index is -3.76. The Morgan fingerprint density at radius 2 is 1.82 bits per heavy atom. The first-order valence-electron chi connectivity index (χ1n) is 12.6. The van der Waals surface area contributed by atoms with Crippen molar-refractivity contribution in [1.82, 2.24) is 14.5 Å². The number of sulfonamides is 1. The van der Waals surface area contributed by atoms with E-state index in [1.807, 2.05) is 41.2 Å². The Morgan fingerprint density at radius 3 is 2.45 bits per heavy atom. The minimum Gasteiger partial charge on any atom is -0.461 e. The van der Waals surface area contributed by atoms with Crippen LogP contribution in [0.4, 0.5) is 0 Å². The number of benzene rings is 2. The molecule has 0 N–H and O–H groups in total. The normalized spacial score (nSPS) is 11.7. The van der Waals surface area contributed by atoms with Crippen LogP contribution < -0.4 is 0 Å². The lowest BCUT2D eigenvalue weighted by atomic mass is 10.0. The molecule has 0 radical (unpaired) electrons. The first kappa shape index (κ1) is 29.4.